The van der Waals surface area contributed by atoms with Crippen LogP contribution in [-0.4, -0.2) is 0 Å². The summed E-state index contributed by atoms with van der Waals surface area (Å²) >= 11 is 0.816. The van der Waals surface area contributed by atoms with Gasteiger partial charge in [0.25, 0.3) is 0 Å². The first-order valence-corrected chi connectivity index (χ1v) is 3.81. The summed E-state index contributed by atoms with van der Waals surface area (Å²) in [6, 6.07) is 0. The van der Waals surface area contributed by atoms with E-state index < -0.39 is 33.2 Å². The zero-order chi connectivity index (χ0) is 9.46. The molecule has 68 valence electrons. The summed E-state index contributed by atoms with van der Waals surface area (Å²) in [6.07, 6.45) is 0. The second-order valence-electron chi connectivity index (χ2n) is 1.86. The number of benzene rings is 1. The van der Waals surface area contributed by atoms with Gasteiger partial charge in [-0.3, -0.25) is 0 Å². The van der Waals surface area contributed by atoms with Crippen molar-refractivity contribution < 1.29 is 40.9 Å². The molecule has 0 amide bonds. The van der Waals surface area contributed by atoms with Gasteiger partial charge in [0.1, 0.15) is 0 Å². The summed E-state index contributed by atoms with van der Waals surface area (Å²) in [5, 5.41) is 0. The molecule has 0 spiro atoms. The second-order valence-corrected chi connectivity index (χ2v) is 3.06. The van der Waals surface area contributed by atoms with Crippen molar-refractivity contribution in [3.63, 3.8) is 0 Å². The predicted molar refractivity (Wildman–Crippen MR) is 25.9 cm³/mol. The zero-order valence-corrected chi connectivity index (χ0v) is 7.62. The Morgan fingerprint density at radius 1 is 0.583 bits per heavy atom. The molecule has 1 rings (SSSR count). The van der Waals surface area contributed by atoms with E-state index >= 15 is 0 Å². The summed E-state index contributed by atoms with van der Waals surface area (Å²) in [5.41, 5.74) is 0. The van der Waals surface area contributed by atoms with Crippen molar-refractivity contribution in [1.82, 2.24) is 0 Å². The normalized spacial score (nSPS) is 10.6. The molecule has 0 aliphatic carbocycles. The van der Waals surface area contributed by atoms with E-state index in [0.29, 0.717) is 0 Å². The summed E-state index contributed by atoms with van der Waals surface area (Å²) < 4.78 is 60.7. The van der Waals surface area contributed by atoms with Crippen molar-refractivity contribution in [2.45, 2.75) is 0 Å². The van der Waals surface area contributed by atoms with Gasteiger partial charge in [-0.05, 0) is 0 Å². The summed E-state index contributed by atoms with van der Waals surface area (Å²) in [4.78, 5) is 0. The Hall–Kier alpha value is -0.481. The van der Waals surface area contributed by atoms with E-state index in [-0.39, 0.29) is 0 Å². The van der Waals surface area contributed by atoms with Crippen LogP contribution < -0.4 is 4.08 Å². The van der Waals surface area contributed by atoms with Crippen LogP contribution in [0.25, 0.3) is 0 Å². The van der Waals surface area contributed by atoms with Gasteiger partial charge in [-0.2, -0.15) is 0 Å². The van der Waals surface area contributed by atoms with Gasteiger partial charge in [-0.25, -0.2) is 0 Å². The third kappa shape index (κ3) is 1.25. The van der Waals surface area contributed by atoms with E-state index in [0.717, 1.165) is 18.9 Å². The van der Waals surface area contributed by atoms with Crippen LogP contribution in [0, 0.1) is 29.1 Å². The maximum absolute atomic E-state index is 12.4. The SMILES string of the molecule is Fc1c(F)c(F)[c]([Ir])c(F)c1F. The standard InChI is InChI=1S/C6F5.Ir/c7-2-1-3(8)5(10)6(11)4(2)9;. The fourth-order valence-corrected chi connectivity index (χ4v) is 1.09. The molecule has 0 nitrogen and oxygen atoms in total. The van der Waals surface area contributed by atoms with Crippen molar-refractivity contribution >= 4 is 4.08 Å². The Labute approximate surface area is 74.5 Å². The molecule has 0 saturated carbocycles. The van der Waals surface area contributed by atoms with Crippen molar-refractivity contribution in [2.24, 2.45) is 0 Å². The van der Waals surface area contributed by atoms with E-state index in [9.17, 15) is 22.0 Å². The van der Waals surface area contributed by atoms with Crippen LogP contribution >= 0.6 is 0 Å². The molecule has 0 aromatic heterocycles. The van der Waals surface area contributed by atoms with Crippen LogP contribution in [0.5, 0.6) is 0 Å². The Morgan fingerprint density at radius 2 is 0.833 bits per heavy atom. The number of hydrogen-bond acceptors (Lipinski definition) is 0. The first-order valence-electron chi connectivity index (χ1n) is 2.61. The number of hydrogen-bond donors (Lipinski definition) is 0. The van der Waals surface area contributed by atoms with Gasteiger partial charge in [0.2, 0.25) is 0 Å². The molecule has 0 fully saturated rings. The summed E-state index contributed by atoms with van der Waals surface area (Å²) in [7, 11) is 0. The summed E-state index contributed by atoms with van der Waals surface area (Å²) in [5.74, 6) is -9.52. The number of halogens is 5. The minimum atomic E-state index is -2.13. The Kier molecular flexibility index (Phi) is 2.49. The Balaban J connectivity index is 3.60. The van der Waals surface area contributed by atoms with E-state index in [4.69, 9.17) is 0 Å². The molecular weight excluding hydrogens is 359 g/mol. The van der Waals surface area contributed by atoms with Crippen molar-refractivity contribution in [3.8, 4) is 0 Å². The molecular formula is C6F5Ir. The Morgan fingerprint density at radius 3 is 1.17 bits per heavy atom. The number of rotatable bonds is 0. The first-order chi connectivity index (χ1) is 5.46. The fraction of sp³-hybridized carbons (Fsp3) is 0. The molecule has 0 aliphatic heterocycles. The van der Waals surface area contributed by atoms with Gasteiger partial charge in [-0.1, -0.05) is 0 Å². The molecule has 0 atom stereocenters. The van der Waals surface area contributed by atoms with Crippen molar-refractivity contribution in [1.29, 1.82) is 0 Å². The minimum absolute atomic E-state index is 0.816. The molecule has 1 aromatic carbocycles. The van der Waals surface area contributed by atoms with Crippen LogP contribution in [0.1, 0.15) is 0 Å². The molecule has 0 N–H and O–H groups in total. The van der Waals surface area contributed by atoms with Crippen LogP contribution in [-0.2, 0) is 18.9 Å². The van der Waals surface area contributed by atoms with Crippen LogP contribution in [0.3, 0.4) is 0 Å². The third-order valence-electron chi connectivity index (χ3n) is 1.14. The van der Waals surface area contributed by atoms with Crippen molar-refractivity contribution in [2.75, 3.05) is 0 Å². The molecule has 1 aromatic rings. The average Bonchev–Trinajstić information content (AvgIpc) is 2.08. The van der Waals surface area contributed by atoms with Gasteiger partial charge in [0.15, 0.2) is 0 Å². The summed E-state index contributed by atoms with van der Waals surface area (Å²) in [6.45, 7) is 0. The molecule has 0 unspecified atom stereocenters. The maximum atomic E-state index is 12.4. The molecule has 0 bridgehead atoms. The molecule has 0 radical (unpaired) electrons. The van der Waals surface area contributed by atoms with Crippen molar-refractivity contribution in [3.05, 3.63) is 29.1 Å². The molecule has 6 heteroatoms. The fourth-order valence-electron chi connectivity index (χ4n) is 0.568. The van der Waals surface area contributed by atoms with Crippen LogP contribution in [0.4, 0.5) is 22.0 Å². The van der Waals surface area contributed by atoms with E-state index in [1.54, 1.807) is 0 Å². The van der Waals surface area contributed by atoms with Gasteiger partial charge >= 0.3 is 74.0 Å². The second kappa shape index (κ2) is 3.11. The van der Waals surface area contributed by atoms with Crippen LogP contribution in [0.2, 0.25) is 0 Å². The van der Waals surface area contributed by atoms with Crippen LogP contribution in [0.15, 0.2) is 0 Å². The van der Waals surface area contributed by atoms with Gasteiger partial charge < -0.3 is 0 Å². The van der Waals surface area contributed by atoms with E-state index in [2.05, 4.69) is 0 Å². The van der Waals surface area contributed by atoms with Gasteiger partial charge in [0.05, 0.1) is 0 Å². The van der Waals surface area contributed by atoms with E-state index in [1.165, 1.54) is 0 Å². The van der Waals surface area contributed by atoms with Gasteiger partial charge in [0, 0.05) is 0 Å². The third-order valence-corrected chi connectivity index (χ3v) is 2.19. The van der Waals surface area contributed by atoms with E-state index in [1.807, 2.05) is 0 Å². The van der Waals surface area contributed by atoms with Gasteiger partial charge in [-0.15, -0.1) is 0 Å². The predicted octanol–water partition coefficient (Wildman–Crippen LogP) is 1.55. The first kappa shape index (κ1) is 9.61. The quantitative estimate of drug-likeness (QED) is 0.375. The molecule has 0 aliphatic rings. The zero-order valence-electron chi connectivity index (χ0n) is 5.22. The molecule has 12 heavy (non-hydrogen) atoms. The topological polar surface area (TPSA) is 0 Å². The Bertz CT molecular complexity index is 230. The monoisotopic (exact) mass is 360 g/mol. The average molecular weight is 359 g/mol. The molecule has 0 saturated heterocycles. The molecule has 0 heterocycles.